The second-order valence-corrected chi connectivity index (χ2v) is 14.2. The Hall–Kier alpha value is -3.81. The van der Waals surface area contributed by atoms with E-state index >= 15 is 0 Å². The van der Waals surface area contributed by atoms with Gasteiger partial charge in [0.15, 0.2) is 0 Å². The molecule has 0 radical (unpaired) electrons. The fourth-order valence-corrected chi connectivity index (χ4v) is 7.35. The van der Waals surface area contributed by atoms with Gasteiger partial charge in [-0.1, -0.05) is 63.8 Å². The van der Waals surface area contributed by atoms with Crippen molar-refractivity contribution in [3.63, 3.8) is 0 Å². The van der Waals surface area contributed by atoms with Gasteiger partial charge in [-0.25, -0.2) is 9.97 Å². The Morgan fingerprint density at radius 1 is 0.688 bits per heavy atom. The van der Waals surface area contributed by atoms with Gasteiger partial charge in [0.2, 0.25) is 5.91 Å². The summed E-state index contributed by atoms with van der Waals surface area (Å²) < 4.78 is 4.76. The highest BCUT2D eigenvalue weighted by Gasteiger charge is 2.16. The number of carbonyl (C=O) groups is 1. The molecule has 0 aliphatic carbocycles. The van der Waals surface area contributed by atoms with Crippen LogP contribution in [0.2, 0.25) is 0 Å². The first kappa shape index (κ1) is 34.1. The number of para-hydroxylation sites is 2. The van der Waals surface area contributed by atoms with E-state index in [9.17, 15) is 4.79 Å². The minimum Gasteiger partial charge on any atom is -0.343 e. The van der Waals surface area contributed by atoms with Gasteiger partial charge in [-0.15, -0.1) is 0 Å². The minimum atomic E-state index is 0.257. The van der Waals surface area contributed by atoms with Crippen molar-refractivity contribution < 1.29 is 4.79 Å². The van der Waals surface area contributed by atoms with E-state index < -0.39 is 0 Å². The number of fused-ring (bicyclic) bond motifs is 4. The summed E-state index contributed by atoms with van der Waals surface area (Å²) in [5.74, 6) is 2.94. The first-order chi connectivity index (χ1) is 23.6. The van der Waals surface area contributed by atoms with Gasteiger partial charge in [-0.05, 0) is 75.1 Å². The molecule has 4 aromatic rings. The number of benzene rings is 2. The third-order valence-corrected chi connectivity index (χ3v) is 9.87. The van der Waals surface area contributed by atoms with E-state index in [0.29, 0.717) is 18.9 Å². The molecule has 2 aliphatic rings. The number of carbonyl (C=O) groups excluding carboxylic acids is 1. The quantitative estimate of drug-likeness (QED) is 0.162. The fourth-order valence-electron chi connectivity index (χ4n) is 7.35. The Morgan fingerprint density at radius 3 is 1.75 bits per heavy atom. The van der Waals surface area contributed by atoms with Gasteiger partial charge >= 0.3 is 0 Å². The number of hydrogen-bond acceptors (Lipinski definition) is 5. The highest BCUT2D eigenvalue weighted by Crippen LogP contribution is 2.17. The Kier molecular flexibility index (Phi) is 12.1. The van der Waals surface area contributed by atoms with E-state index in [1.54, 1.807) is 0 Å². The van der Waals surface area contributed by atoms with E-state index in [2.05, 4.69) is 76.4 Å². The van der Waals surface area contributed by atoms with Crippen molar-refractivity contribution in [1.29, 1.82) is 0 Å². The molecule has 8 nitrogen and oxygen atoms in total. The van der Waals surface area contributed by atoms with Crippen LogP contribution in [-0.2, 0) is 30.7 Å². The van der Waals surface area contributed by atoms with Gasteiger partial charge in [-0.3, -0.25) is 14.8 Å². The molecule has 1 amide bonds. The Labute approximate surface area is 286 Å². The van der Waals surface area contributed by atoms with Crippen LogP contribution >= 0.6 is 0 Å². The Balaban J connectivity index is 1.13. The van der Waals surface area contributed by atoms with E-state index in [1.165, 1.54) is 57.2 Å². The number of nitrogens with zero attached hydrogens (tertiary/aromatic N) is 7. The highest BCUT2D eigenvalue weighted by molar-refractivity contribution is 5.78. The number of rotatable bonds is 11. The summed E-state index contributed by atoms with van der Waals surface area (Å²) >= 11 is 0. The normalized spacial score (nSPS) is 16.3. The van der Waals surface area contributed by atoms with Gasteiger partial charge in [0, 0.05) is 69.3 Å². The second-order valence-electron chi connectivity index (χ2n) is 14.2. The summed E-state index contributed by atoms with van der Waals surface area (Å²) in [6.07, 6.45) is 15.2. The Morgan fingerprint density at radius 2 is 1.19 bits per heavy atom. The van der Waals surface area contributed by atoms with Gasteiger partial charge in [0.25, 0.3) is 0 Å². The molecule has 0 bridgehead atoms. The summed E-state index contributed by atoms with van der Waals surface area (Å²) in [5.41, 5.74) is 4.23. The maximum atomic E-state index is 13.4. The molecule has 48 heavy (non-hydrogen) atoms. The molecule has 2 aromatic heterocycles. The average molecular weight is 650 g/mol. The maximum Gasteiger partial charge on any atom is 0.222 e. The van der Waals surface area contributed by atoms with Crippen molar-refractivity contribution in [1.82, 2.24) is 24.0 Å². The lowest BCUT2D eigenvalue weighted by molar-refractivity contribution is -0.132. The lowest BCUT2D eigenvalue weighted by atomic mass is 10.1. The molecule has 0 atom stereocenters. The summed E-state index contributed by atoms with van der Waals surface area (Å²) in [6.45, 7) is 9.19. The third kappa shape index (κ3) is 8.61. The van der Waals surface area contributed by atoms with Crippen LogP contribution in [0.3, 0.4) is 0 Å². The second kappa shape index (κ2) is 17.0. The van der Waals surface area contributed by atoms with Gasteiger partial charge < -0.3 is 14.0 Å². The number of unbranched alkanes of at least 4 members (excludes halogenated alkanes) is 1. The van der Waals surface area contributed by atoms with Crippen molar-refractivity contribution in [2.24, 2.45) is 15.9 Å². The molecule has 0 unspecified atom stereocenters. The Bertz CT molecular complexity index is 1820. The molecule has 256 valence electrons. The van der Waals surface area contributed by atoms with E-state index in [0.717, 1.165) is 103 Å². The lowest BCUT2D eigenvalue weighted by Crippen LogP contribution is -2.34. The topological polar surface area (TPSA) is 80.7 Å². The summed E-state index contributed by atoms with van der Waals surface area (Å²) in [7, 11) is 0. The van der Waals surface area contributed by atoms with Gasteiger partial charge in [0.1, 0.15) is 22.6 Å². The van der Waals surface area contributed by atoms with Crippen LogP contribution in [-0.4, -0.2) is 56.1 Å². The SMILES string of the molecule is CC(C)CC(=O)N(CCCCN=c1c2ccccc2nc2n1CCCCCC2)CCCN=c1c2ccccc2nc2n1CCCCCC2. The maximum absolute atomic E-state index is 13.4. The van der Waals surface area contributed by atoms with Crippen molar-refractivity contribution in [3.05, 3.63) is 71.2 Å². The van der Waals surface area contributed by atoms with Crippen LogP contribution in [0.4, 0.5) is 0 Å². The predicted molar refractivity (Wildman–Crippen MR) is 195 cm³/mol. The molecule has 8 heteroatoms. The molecule has 0 saturated carbocycles. The van der Waals surface area contributed by atoms with E-state index in [4.69, 9.17) is 20.0 Å². The molecule has 0 fully saturated rings. The molecule has 6 rings (SSSR count). The number of aromatic nitrogens is 4. The van der Waals surface area contributed by atoms with Crippen molar-refractivity contribution in [3.8, 4) is 0 Å². The molecular formula is C40H55N7O. The summed E-state index contributed by atoms with van der Waals surface area (Å²) in [4.78, 5) is 35.9. The predicted octanol–water partition coefficient (Wildman–Crippen LogP) is 7.17. The van der Waals surface area contributed by atoms with Crippen LogP contribution in [0.5, 0.6) is 0 Å². The monoisotopic (exact) mass is 649 g/mol. The first-order valence-electron chi connectivity index (χ1n) is 18.8. The van der Waals surface area contributed by atoms with Crippen LogP contribution in [0, 0.1) is 5.92 Å². The molecule has 0 N–H and O–H groups in total. The third-order valence-electron chi connectivity index (χ3n) is 9.87. The number of hydrogen-bond donors (Lipinski definition) is 0. The number of aryl methyl sites for hydroxylation is 2. The molecule has 4 heterocycles. The van der Waals surface area contributed by atoms with Gasteiger partial charge in [0.05, 0.1) is 11.0 Å². The van der Waals surface area contributed by atoms with Crippen LogP contribution < -0.4 is 11.0 Å². The van der Waals surface area contributed by atoms with E-state index in [1.807, 2.05) is 0 Å². The summed E-state index contributed by atoms with van der Waals surface area (Å²) in [5, 5.41) is 2.28. The minimum absolute atomic E-state index is 0.257. The van der Waals surface area contributed by atoms with Crippen LogP contribution in [0.15, 0.2) is 58.5 Å². The van der Waals surface area contributed by atoms with Crippen LogP contribution in [0.25, 0.3) is 21.8 Å². The lowest BCUT2D eigenvalue weighted by Gasteiger charge is -2.23. The fraction of sp³-hybridized carbons (Fsp3) is 0.575. The van der Waals surface area contributed by atoms with Crippen molar-refractivity contribution >= 4 is 27.7 Å². The molecule has 0 saturated heterocycles. The average Bonchev–Trinajstić information content (AvgIpc) is 3.06. The molecule has 2 aromatic carbocycles. The van der Waals surface area contributed by atoms with Crippen molar-refractivity contribution in [2.45, 2.75) is 117 Å². The van der Waals surface area contributed by atoms with Gasteiger partial charge in [-0.2, -0.15) is 0 Å². The zero-order chi connectivity index (χ0) is 33.1. The van der Waals surface area contributed by atoms with Crippen LogP contribution in [0.1, 0.15) is 103 Å². The summed E-state index contributed by atoms with van der Waals surface area (Å²) in [6, 6.07) is 16.9. The standard InChI is InChI=1S/C40H55N7O/c1-31(2)30-38(48)45(27-17-25-42-40-33-19-10-12-21-35(33)44-37-23-8-4-6-15-29-47(37)40)26-16-13-24-41-39-32-18-9-11-20-34(32)43-36-22-7-3-5-14-28-46(36)39/h9-12,18-21,31H,3-8,13-17,22-30H2,1-2H3. The first-order valence-corrected chi connectivity index (χ1v) is 18.8. The smallest absolute Gasteiger partial charge is 0.222 e. The van der Waals surface area contributed by atoms with Crippen molar-refractivity contribution in [2.75, 3.05) is 26.2 Å². The highest BCUT2D eigenvalue weighted by atomic mass is 16.2. The molecular weight excluding hydrogens is 594 g/mol. The zero-order valence-electron chi connectivity index (χ0n) is 29.4. The number of amides is 1. The molecule has 2 aliphatic heterocycles. The molecule has 0 spiro atoms. The zero-order valence-corrected chi connectivity index (χ0v) is 29.4. The largest absolute Gasteiger partial charge is 0.343 e. The van der Waals surface area contributed by atoms with E-state index in [-0.39, 0.29) is 5.91 Å².